The number of hydrogen-bond acceptors (Lipinski definition) is 6. The van der Waals surface area contributed by atoms with Gasteiger partial charge in [0.2, 0.25) is 0 Å². The van der Waals surface area contributed by atoms with Crippen molar-refractivity contribution in [1.82, 2.24) is 14.5 Å². The van der Waals surface area contributed by atoms with E-state index in [2.05, 4.69) is 9.59 Å². The summed E-state index contributed by atoms with van der Waals surface area (Å²) in [4.78, 5) is 25.4. The lowest BCUT2D eigenvalue weighted by molar-refractivity contribution is -0.143. The first-order valence-corrected chi connectivity index (χ1v) is 7.30. The molecule has 2 aromatic rings. The predicted molar refractivity (Wildman–Crippen MR) is 77.7 cm³/mol. The third kappa shape index (κ3) is 4.35. The van der Waals surface area contributed by atoms with Gasteiger partial charge in [-0.15, -0.1) is 5.10 Å². The van der Waals surface area contributed by atoms with E-state index in [-0.39, 0.29) is 24.8 Å². The first kappa shape index (κ1) is 15.1. The van der Waals surface area contributed by atoms with Gasteiger partial charge in [0.25, 0.3) is 5.91 Å². The van der Waals surface area contributed by atoms with Gasteiger partial charge in [-0.25, -0.2) is 0 Å². The molecule has 0 saturated carbocycles. The van der Waals surface area contributed by atoms with Crippen LogP contribution in [0.3, 0.4) is 0 Å². The number of ether oxygens (including phenoxy) is 1. The van der Waals surface area contributed by atoms with Crippen molar-refractivity contribution in [2.75, 3.05) is 13.2 Å². The maximum absolute atomic E-state index is 12.4. The van der Waals surface area contributed by atoms with E-state index in [1.165, 1.54) is 4.90 Å². The van der Waals surface area contributed by atoms with Crippen LogP contribution in [-0.2, 0) is 16.1 Å². The molecule has 6 nitrogen and oxygen atoms in total. The second-order valence-corrected chi connectivity index (χ2v) is 4.85. The van der Waals surface area contributed by atoms with E-state index in [9.17, 15) is 9.59 Å². The average molecular weight is 305 g/mol. The molecule has 1 aromatic heterocycles. The van der Waals surface area contributed by atoms with E-state index in [1.54, 1.807) is 12.3 Å². The number of aromatic nitrogens is 2. The van der Waals surface area contributed by atoms with Crippen LogP contribution in [0.2, 0.25) is 0 Å². The molecule has 0 N–H and O–H groups in total. The van der Waals surface area contributed by atoms with Crippen molar-refractivity contribution in [1.29, 1.82) is 0 Å². The van der Waals surface area contributed by atoms with Gasteiger partial charge in [-0.2, -0.15) is 0 Å². The van der Waals surface area contributed by atoms with Gasteiger partial charge in [-0.05, 0) is 24.0 Å². The van der Waals surface area contributed by atoms with Gasteiger partial charge in [0.15, 0.2) is 5.69 Å². The van der Waals surface area contributed by atoms with Crippen molar-refractivity contribution >= 4 is 23.4 Å². The molecule has 0 aliphatic rings. The topological polar surface area (TPSA) is 72.4 Å². The number of carbonyl (C=O) groups excluding carboxylic acids is 2. The fraction of sp³-hybridized carbons (Fsp3) is 0.286. The number of rotatable bonds is 6. The van der Waals surface area contributed by atoms with Crippen LogP contribution >= 0.6 is 11.5 Å². The Kier molecular flexibility index (Phi) is 5.39. The molecule has 1 aromatic carbocycles. The summed E-state index contributed by atoms with van der Waals surface area (Å²) < 4.78 is 8.59. The highest BCUT2D eigenvalue weighted by atomic mass is 32.1. The largest absolute Gasteiger partial charge is 0.465 e. The van der Waals surface area contributed by atoms with Crippen molar-refractivity contribution in [2.45, 2.75) is 13.5 Å². The van der Waals surface area contributed by atoms with E-state index in [1.807, 2.05) is 30.3 Å². The van der Waals surface area contributed by atoms with Crippen molar-refractivity contribution in [3.8, 4) is 0 Å². The van der Waals surface area contributed by atoms with Crippen LogP contribution < -0.4 is 0 Å². The van der Waals surface area contributed by atoms with E-state index in [0.717, 1.165) is 17.1 Å². The number of carbonyl (C=O) groups is 2. The Morgan fingerprint density at radius 2 is 2.05 bits per heavy atom. The van der Waals surface area contributed by atoms with E-state index < -0.39 is 5.97 Å². The molecular weight excluding hydrogens is 290 g/mol. The molecule has 0 fully saturated rings. The number of esters is 1. The number of nitrogens with zero attached hydrogens (tertiary/aromatic N) is 3. The van der Waals surface area contributed by atoms with Gasteiger partial charge < -0.3 is 9.64 Å². The van der Waals surface area contributed by atoms with Crippen LogP contribution in [0.5, 0.6) is 0 Å². The Bertz CT molecular complexity index is 587. The summed E-state index contributed by atoms with van der Waals surface area (Å²) in [6.45, 7) is 2.21. The van der Waals surface area contributed by atoms with Crippen LogP contribution in [0.1, 0.15) is 23.0 Å². The van der Waals surface area contributed by atoms with Crippen LogP contribution in [0.15, 0.2) is 35.7 Å². The molecule has 0 bridgehead atoms. The molecular formula is C14H15N3O3S. The molecule has 110 valence electrons. The number of benzene rings is 1. The van der Waals surface area contributed by atoms with Crippen molar-refractivity contribution in [3.05, 3.63) is 47.0 Å². The molecule has 21 heavy (non-hydrogen) atoms. The molecule has 1 heterocycles. The summed E-state index contributed by atoms with van der Waals surface area (Å²) >= 11 is 1.10. The minimum Gasteiger partial charge on any atom is -0.465 e. The number of hydrogen-bond donors (Lipinski definition) is 0. The summed E-state index contributed by atoms with van der Waals surface area (Å²) in [7, 11) is 0. The highest BCUT2D eigenvalue weighted by molar-refractivity contribution is 7.03. The summed E-state index contributed by atoms with van der Waals surface area (Å²) in [5.41, 5.74) is 1.17. The second kappa shape index (κ2) is 7.49. The lowest BCUT2D eigenvalue weighted by atomic mass is 10.2. The monoisotopic (exact) mass is 305 g/mol. The van der Waals surface area contributed by atoms with Crippen LogP contribution in [0.4, 0.5) is 0 Å². The van der Waals surface area contributed by atoms with Gasteiger partial charge in [0.1, 0.15) is 6.54 Å². The molecule has 0 aliphatic heterocycles. The van der Waals surface area contributed by atoms with E-state index >= 15 is 0 Å². The SMILES string of the molecule is CCOC(=O)CN(Cc1ccccc1)C(=O)c1csnn1. The molecule has 2 rings (SSSR count). The highest BCUT2D eigenvalue weighted by Crippen LogP contribution is 2.09. The van der Waals surface area contributed by atoms with E-state index in [4.69, 9.17) is 4.74 Å². The summed E-state index contributed by atoms with van der Waals surface area (Å²) in [5, 5.41) is 5.32. The predicted octanol–water partition coefficient (Wildman–Crippen LogP) is 1.74. The van der Waals surface area contributed by atoms with Crippen LogP contribution in [0, 0.1) is 0 Å². The van der Waals surface area contributed by atoms with Crippen LogP contribution in [0.25, 0.3) is 0 Å². The van der Waals surface area contributed by atoms with Gasteiger partial charge in [0.05, 0.1) is 6.61 Å². The number of amides is 1. The Hall–Kier alpha value is -2.28. The minimum absolute atomic E-state index is 0.112. The zero-order chi connectivity index (χ0) is 15.1. The Balaban J connectivity index is 2.13. The fourth-order valence-electron chi connectivity index (χ4n) is 1.79. The lowest BCUT2D eigenvalue weighted by Gasteiger charge is -2.20. The Labute approximate surface area is 126 Å². The van der Waals surface area contributed by atoms with Crippen LogP contribution in [-0.4, -0.2) is 39.5 Å². The molecule has 0 spiro atoms. The third-order valence-corrected chi connectivity index (χ3v) is 3.21. The zero-order valence-corrected chi connectivity index (χ0v) is 12.4. The van der Waals surface area contributed by atoms with Gasteiger partial charge in [0, 0.05) is 11.9 Å². The fourth-order valence-corrected chi connectivity index (χ4v) is 2.22. The zero-order valence-electron chi connectivity index (χ0n) is 11.6. The maximum atomic E-state index is 12.4. The summed E-state index contributed by atoms with van der Waals surface area (Å²) in [6.07, 6.45) is 0. The molecule has 0 unspecified atom stereocenters. The third-order valence-electron chi connectivity index (χ3n) is 2.71. The summed E-state index contributed by atoms with van der Waals surface area (Å²) in [6, 6.07) is 9.44. The average Bonchev–Trinajstić information content (AvgIpc) is 3.01. The van der Waals surface area contributed by atoms with Gasteiger partial charge in [-0.1, -0.05) is 34.8 Å². The smallest absolute Gasteiger partial charge is 0.325 e. The van der Waals surface area contributed by atoms with E-state index in [0.29, 0.717) is 6.54 Å². The Morgan fingerprint density at radius 1 is 1.29 bits per heavy atom. The van der Waals surface area contributed by atoms with Crippen molar-refractivity contribution in [2.24, 2.45) is 0 Å². The maximum Gasteiger partial charge on any atom is 0.325 e. The molecule has 0 saturated heterocycles. The molecule has 7 heteroatoms. The first-order chi connectivity index (χ1) is 10.2. The molecule has 0 aliphatic carbocycles. The normalized spacial score (nSPS) is 10.1. The second-order valence-electron chi connectivity index (χ2n) is 4.24. The van der Waals surface area contributed by atoms with Gasteiger partial charge >= 0.3 is 5.97 Å². The standard InChI is InChI=1S/C14H15N3O3S/c1-2-20-13(18)9-17(8-11-6-4-3-5-7-11)14(19)12-10-21-16-15-12/h3-7,10H,2,8-9H2,1H3. The highest BCUT2D eigenvalue weighted by Gasteiger charge is 2.21. The van der Waals surface area contributed by atoms with Crippen molar-refractivity contribution in [3.63, 3.8) is 0 Å². The Morgan fingerprint density at radius 3 is 2.67 bits per heavy atom. The first-order valence-electron chi connectivity index (χ1n) is 6.46. The molecule has 0 atom stereocenters. The quantitative estimate of drug-likeness (QED) is 0.760. The lowest BCUT2D eigenvalue weighted by Crippen LogP contribution is -2.36. The summed E-state index contributed by atoms with van der Waals surface area (Å²) in [5.74, 6) is -0.773. The van der Waals surface area contributed by atoms with Gasteiger partial charge in [-0.3, -0.25) is 9.59 Å². The minimum atomic E-state index is -0.440. The molecule has 1 amide bonds. The van der Waals surface area contributed by atoms with Crippen molar-refractivity contribution < 1.29 is 14.3 Å². The molecule has 0 radical (unpaired) electrons.